The molecule has 1 heterocycles. The van der Waals surface area contributed by atoms with Crippen molar-refractivity contribution in [2.45, 2.75) is 84.7 Å². The van der Waals surface area contributed by atoms with Gasteiger partial charge < -0.3 is 4.74 Å². The fraction of sp³-hybridized carbons (Fsp3) is 0.667. The molecule has 4 heteroatoms. The molecule has 0 bridgehead atoms. The maximum Gasteiger partial charge on any atom is 0.338 e. The second kappa shape index (κ2) is 7.46. The molecule has 139 valence electrons. The van der Waals surface area contributed by atoms with E-state index in [0.717, 1.165) is 41.0 Å². The van der Waals surface area contributed by atoms with Crippen molar-refractivity contribution in [1.29, 1.82) is 0 Å². The Labute approximate surface area is 152 Å². The lowest BCUT2D eigenvalue weighted by Crippen LogP contribution is -2.41. The molecule has 1 radical (unpaired) electrons. The number of benzene rings is 1. The highest BCUT2D eigenvalue weighted by Crippen LogP contribution is 2.49. The number of esters is 1. The molecule has 0 saturated carbocycles. The summed E-state index contributed by atoms with van der Waals surface area (Å²) < 4.78 is 5.27. The Balaban J connectivity index is 2.48. The zero-order valence-electron chi connectivity index (χ0n) is 16.6. The first-order chi connectivity index (χ1) is 11.7. The van der Waals surface area contributed by atoms with Crippen LogP contribution in [-0.4, -0.2) is 17.6 Å². The highest BCUT2D eigenvalue weighted by Gasteiger charge is 2.50. The van der Waals surface area contributed by atoms with Gasteiger partial charge in [0, 0.05) is 0 Å². The van der Waals surface area contributed by atoms with Gasteiger partial charge in [0.05, 0.1) is 23.2 Å². The van der Waals surface area contributed by atoms with Crippen LogP contribution in [0.15, 0.2) is 12.1 Å². The first-order valence-corrected chi connectivity index (χ1v) is 9.50. The third-order valence-corrected chi connectivity index (χ3v) is 5.37. The van der Waals surface area contributed by atoms with E-state index >= 15 is 0 Å². The average molecular weight is 346 g/mol. The van der Waals surface area contributed by atoms with Gasteiger partial charge in [-0.2, -0.15) is 0 Å². The fourth-order valence-corrected chi connectivity index (χ4v) is 3.92. The van der Waals surface area contributed by atoms with Gasteiger partial charge >= 0.3 is 5.97 Å². The van der Waals surface area contributed by atoms with Gasteiger partial charge in [0.2, 0.25) is 0 Å². The molecule has 0 amide bonds. The molecule has 0 aromatic heterocycles. The first-order valence-electron chi connectivity index (χ1n) is 9.50. The Morgan fingerprint density at radius 2 is 1.60 bits per heavy atom. The molecule has 1 aliphatic heterocycles. The van der Waals surface area contributed by atoms with Crippen LogP contribution in [0.25, 0.3) is 0 Å². The van der Waals surface area contributed by atoms with Crippen LogP contribution in [0.4, 0.5) is 0 Å². The van der Waals surface area contributed by atoms with Crippen LogP contribution >= 0.6 is 0 Å². The molecular formula is C21H32NO3. The number of carbonyl (C=O) groups is 1. The van der Waals surface area contributed by atoms with Crippen LogP contribution in [0, 0.1) is 0 Å². The second-order valence-corrected chi connectivity index (χ2v) is 8.00. The minimum atomic E-state index is -0.652. The number of rotatable bonds is 7. The zero-order valence-corrected chi connectivity index (χ0v) is 16.6. The molecule has 0 atom stereocenters. The summed E-state index contributed by atoms with van der Waals surface area (Å²) in [5, 5.41) is 14.0. The first kappa shape index (κ1) is 19.9. The van der Waals surface area contributed by atoms with Gasteiger partial charge in [0.25, 0.3) is 0 Å². The Kier molecular flexibility index (Phi) is 5.95. The fourth-order valence-electron chi connectivity index (χ4n) is 3.92. The van der Waals surface area contributed by atoms with Gasteiger partial charge in [-0.1, -0.05) is 32.3 Å². The quantitative estimate of drug-likeness (QED) is 0.509. The molecule has 25 heavy (non-hydrogen) atoms. The van der Waals surface area contributed by atoms with Crippen molar-refractivity contribution in [3.63, 3.8) is 0 Å². The number of hydrogen-bond donors (Lipinski definition) is 0. The van der Waals surface area contributed by atoms with Crippen LogP contribution in [0.3, 0.4) is 0 Å². The summed E-state index contributed by atoms with van der Waals surface area (Å²) in [7, 11) is 0. The number of fused-ring (bicyclic) bond motifs is 1. The molecule has 4 nitrogen and oxygen atoms in total. The Hall–Kier alpha value is -1.39. The van der Waals surface area contributed by atoms with E-state index in [4.69, 9.17) is 4.74 Å². The molecule has 0 saturated heterocycles. The lowest BCUT2D eigenvalue weighted by atomic mass is 9.85. The van der Waals surface area contributed by atoms with Crippen LogP contribution in [0.5, 0.6) is 0 Å². The summed E-state index contributed by atoms with van der Waals surface area (Å²) in [5.74, 6) is -0.284. The van der Waals surface area contributed by atoms with Crippen LogP contribution in [0.1, 0.15) is 94.3 Å². The van der Waals surface area contributed by atoms with E-state index in [9.17, 15) is 10.0 Å². The zero-order chi connectivity index (χ0) is 18.8. The monoisotopic (exact) mass is 346 g/mol. The molecule has 1 aromatic carbocycles. The summed E-state index contributed by atoms with van der Waals surface area (Å²) in [6.07, 6.45) is 5.42. The molecule has 1 aromatic rings. The van der Waals surface area contributed by atoms with Crippen molar-refractivity contribution in [1.82, 2.24) is 5.06 Å². The van der Waals surface area contributed by atoms with Gasteiger partial charge in [0.15, 0.2) is 0 Å². The number of hydroxylamine groups is 2. The number of ether oxygens (including phenoxy) is 1. The van der Waals surface area contributed by atoms with E-state index in [-0.39, 0.29) is 5.97 Å². The maximum atomic E-state index is 12.8. The number of nitrogens with zero attached hydrogens (tertiary/aromatic N) is 1. The third kappa shape index (κ3) is 3.61. The highest BCUT2D eigenvalue weighted by atomic mass is 16.5. The van der Waals surface area contributed by atoms with E-state index in [2.05, 4.69) is 13.0 Å². The maximum absolute atomic E-state index is 12.8. The van der Waals surface area contributed by atoms with Gasteiger partial charge in [-0.3, -0.25) is 0 Å². The number of aryl methyl sites for hydroxylation is 1. The van der Waals surface area contributed by atoms with Crippen molar-refractivity contribution in [2.24, 2.45) is 0 Å². The van der Waals surface area contributed by atoms with Gasteiger partial charge in [0.1, 0.15) is 0 Å². The van der Waals surface area contributed by atoms with Crippen molar-refractivity contribution in [3.05, 3.63) is 34.4 Å². The largest absolute Gasteiger partial charge is 0.462 e. The summed E-state index contributed by atoms with van der Waals surface area (Å²) in [6.45, 7) is 12.1. The molecule has 0 N–H and O–H groups in total. The average Bonchev–Trinajstić information content (AvgIpc) is 2.69. The predicted octanol–water partition coefficient (Wildman–Crippen LogP) is 5.12. The molecule has 1 aliphatic rings. The molecule has 0 aliphatic carbocycles. The molecule has 2 rings (SSSR count). The van der Waals surface area contributed by atoms with Crippen molar-refractivity contribution in [3.8, 4) is 0 Å². The van der Waals surface area contributed by atoms with Crippen molar-refractivity contribution < 1.29 is 14.7 Å². The molecule has 0 fully saturated rings. The third-order valence-electron chi connectivity index (χ3n) is 5.37. The lowest BCUT2D eigenvalue weighted by molar-refractivity contribution is -0.266. The van der Waals surface area contributed by atoms with Crippen molar-refractivity contribution in [2.75, 3.05) is 6.61 Å². The smallest absolute Gasteiger partial charge is 0.338 e. The summed E-state index contributed by atoms with van der Waals surface area (Å²) in [4.78, 5) is 12.5. The Bertz CT molecular complexity index is 634. The summed E-state index contributed by atoms with van der Waals surface area (Å²) in [5.41, 5.74) is 2.35. The molecular weight excluding hydrogens is 314 g/mol. The van der Waals surface area contributed by atoms with E-state index in [1.807, 2.05) is 40.7 Å². The van der Waals surface area contributed by atoms with E-state index in [1.165, 1.54) is 12.8 Å². The van der Waals surface area contributed by atoms with E-state index in [1.54, 1.807) is 0 Å². The molecule has 0 spiro atoms. The Morgan fingerprint density at radius 3 is 2.16 bits per heavy atom. The van der Waals surface area contributed by atoms with Gasteiger partial charge in [-0.15, -0.1) is 10.3 Å². The summed E-state index contributed by atoms with van der Waals surface area (Å²) in [6, 6.07) is 3.98. The number of hydrogen-bond acceptors (Lipinski definition) is 3. The van der Waals surface area contributed by atoms with Crippen LogP contribution in [0.2, 0.25) is 0 Å². The topological polar surface area (TPSA) is 49.4 Å². The Morgan fingerprint density at radius 1 is 1.00 bits per heavy atom. The number of carbonyl (C=O) groups excluding carboxylic acids is 1. The minimum Gasteiger partial charge on any atom is -0.462 e. The normalized spacial score (nSPS) is 18.2. The van der Waals surface area contributed by atoms with Crippen LogP contribution < -0.4 is 0 Å². The van der Waals surface area contributed by atoms with E-state index < -0.39 is 11.1 Å². The van der Waals surface area contributed by atoms with Crippen molar-refractivity contribution >= 4 is 5.97 Å². The highest BCUT2D eigenvalue weighted by molar-refractivity contribution is 5.91. The predicted molar refractivity (Wildman–Crippen MR) is 98.8 cm³/mol. The minimum absolute atomic E-state index is 0.284. The number of unbranched alkanes of at least 4 members (excludes halogenated alkanes) is 3. The van der Waals surface area contributed by atoms with Crippen LogP contribution in [-0.2, 0) is 27.4 Å². The lowest BCUT2D eigenvalue weighted by Gasteiger charge is -2.32. The SMILES string of the molecule is CCCCCCc1cc2c(cc1C(=O)OCC)C(C)(C)N([O])C2(C)C. The molecule has 0 unspecified atom stereocenters. The standard InChI is InChI=1S/C21H32NO3/c1-7-9-10-11-12-15-13-17-18(14-16(15)19(23)25-8-2)21(5,6)22(24)20(17,3)4/h13-14H,7-12H2,1-6H3. The second-order valence-electron chi connectivity index (χ2n) is 8.00. The van der Waals surface area contributed by atoms with E-state index in [0.29, 0.717) is 12.2 Å². The summed E-state index contributed by atoms with van der Waals surface area (Å²) >= 11 is 0. The van der Waals surface area contributed by atoms with Gasteiger partial charge in [-0.05, 0) is 70.2 Å². The van der Waals surface area contributed by atoms with Gasteiger partial charge in [-0.25, -0.2) is 4.79 Å².